The Morgan fingerprint density at radius 2 is 1.77 bits per heavy atom. The second kappa shape index (κ2) is 7.09. The minimum atomic E-state index is -0.633. The number of hydrogen-bond acceptors (Lipinski definition) is 4. The van der Waals surface area contributed by atoms with E-state index in [-0.39, 0.29) is 5.41 Å². The van der Waals surface area contributed by atoms with E-state index in [2.05, 4.69) is 30.7 Å². The van der Waals surface area contributed by atoms with Crippen LogP contribution in [0, 0.1) is 23.2 Å². The van der Waals surface area contributed by atoms with Crippen molar-refractivity contribution in [2.45, 2.75) is 46.6 Å². The van der Waals surface area contributed by atoms with E-state index in [1.54, 1.807) is 0 Å². The molecule has 1 N–H and O–H groups in total. The maximum atomic E-state index is 10.4. The summed E-state index contributed by atoms with van der Waals surface area (Å²) in [6, 6.07) is 9.38. The minimum absolute atomic E-state index is 0.271. The van der Waals surface area contributed by atoms with Crippen molar-refractivity contribution < 1.29 is 9.84 Å². The molecular weight excluding hydrogens is 324 g/mol. The average molecular weight is 350 g/mol. The predicted octanol–water partition coefficient (Wildman–Crippen LogP) is 4.09. The molecule has 0 spiro atoms. The highest BCUT2D eigenvalue weighted by Crippen LogP contribution is 2.36. The van der Waals surface area contributed by atoms with Crippen molar-refractivity contribution in [2.75, 3.05) is 6.61 Å². The molecular formula is C22H26N2O2. The highest BCUT2D eigenvalue weighted by molar-refractivity contribution is 5.43. The van der Waals surface area contributed by atoms with Crippen LogP contribution in [-0.2, 0) is 0 Å². The fourth-order valence-corrected chi connectivity index (χ4v) is 2.93. The normalized spacial score (nSPS) is 17.3. The van der Waals surface area contributed by atoms with Gasteiger partial charge in [-0.1, -0.05) is 40.7 Å². The first kappa shape index (κ1) is 18.4. The lowest BCUT2D eigenvalue weighted by Crippen LogP contribution is -2.19. The summed E-state index contributed by atoms with van der Waals surface area (Å²) in [5.74, 6) is 7.82. The molecule has 136 valence electrons. The molecule has 4 nitrogen and oxygen atoms in total. The summed E-state index contributed by atoms with van der Waals surface area (Å²) in [7, 11) is 0. The van der Waals surface area contributed by atoms with Gasteiger partial charge in [-0.05, 0) is 47.4 Å². The summed E-state index contributed by atoms with van der Waals surface area (Å²) in [6.07, 6.45) is -0.633. The van der Waals surface area contributed by atoms with Gasteiger partial charge in [0.05, 0.1) is 18.0 Å². The van der Waals surface area contributed by atoms with Crippen molar-refractivity contribution in [3.8, 4) is 17.6 Å². The summed E-state index contributed by atoms with van der Waals surface area (Å²) < 4.78 is 5.71. The van der Waals surface area contributed by atoms with Crippen LogP contribution in [-0.4, -0.2) is 21.7 Å². The molecule has 3 heterocycles. The number of aliphatic hydroxyl groups excluding tert-OH is 1. The maximum Gasteiger partial charge on any atom is 0.141 e. The Labute approximate surface area is 155 Å². The molecule has 0 aliphatic carbocycles. The van der Waals surface area contributed by atoms with E-state index in [9.17, 15) is 5.11 Å². The van der Waals surface area contributed by atoms with Crippen molar-refractivity contribution >= 4 is 0 Å². The second-order valence-electron chi connectivity index (χ2n) is 8.21. The Morgan fingerprint density at radius 1 is 1.08 bits per heavy atom. The first-order valence-electron chi connectivity index (χ1n) is 9.06. The molecule has 0 saturated carbocycles. The van der Waals surface area contributed by atoms with Crippen LogP contribution in [0.1, 0.15) is 69.4 Å². The maximum absolute atomic E-state index is 10.4. The lowest BCUT2D eigenvalue weighted by atomic mass is 9.87. The number of ether oxygens (including phenoxy) is 1. The van der Waals surface area contributed by atoms with Gasteiger partial charge in [0.25, 0.3) is 0 Å². The predicted molar refractivity (Wildman–Crippen MR) is 102 cm³/mol. The van der Waals surface area contributed by atoms with Gasteiger partial charge in [-0.3, -0.25) is 0 Å². The van der Waals surface area contributed by atoms with Gasteiger partial charge in [-0.15, -0.1) is 0 Å². The fraction of sp³-hybridized carbons (Fsp3) is 0.455. The number of fused-ring (bicyclic) bond motifs is 1. The summed E-state index contributed by atoms with van der Waals surface area (Å²) in [5, 5.41) is 10.4. The largest absolute Gasteiger partial charge is 0.491 e. The number of rotatable bonds is 2. The van der Waals surface area contributed by atoms with E-state index in [0.29, 0.717) is 35.5 Å². The molecule has 1 aliphatic heterocycles. The number of aliphatic hydroxyl groups is 1. The molecule has 2 aromatic heterocycles. The Morgan fingerprint density at radius 3 is 2.42 bits per heavy atom. The smallest absolute Gasteiger partial charge is 0.141 e. The van der Waals surface area contributed by atoms with Gasteiger partial charge in [0, 0.05) is 5.92 Å². The lowest BCUT2D eigenvalue weighted by Gasteiger charge is -2.25. The lowest BCUT2D eigenvalue weighted by molar-refractivity contribution is 0.0589. The topological polar surface area (TPSA) is 55.2 Å². The van der Waals surface area contributed by atoms with Gasteiger partial charge < -0.3 is 9.84 Å². The molecule has 0 bridgehead atoms. The van der Waals surface area contributed by atoms with Crippen LogP contribution in [0.2, 0.25) is 0 Å². The Bertz CT molecular complexity index is 856. The monoisotopic (exact) mass is 350 g/mol. The van der Waals surface area contributed by atoms with Crippen molar-refractivity contribution in [1.82, 2.24) is 9.97 Å². The molecule has 2 atom stereocenters. The third-order valence-electron chi connectivity index (χ3n) is 4.65. The Kier molecular flexibility index (Phi) is 5.02. The van der Waals surface area contributed by atoms with Crippen LogP contribution in [0.4, 0.5) is 0 Å². The van der Waals surface area contributed by atoms with Crippen molar-refractivity contribution in [2.24, 2.45) is 11.3 Å². The van der Waals surface area contributed by atoms with Crippen molar-refractivity contribution in [3.63, 3.8) is 0 Å². The highest BCUT2D eigenvalue weighted by atomic mass is 16.5. The van der Waals surface area contributed by atoms with E-state index < -0.39 is 6.10 Å². The van der Waals surface area contributed by atoms with Gasteiger partial charge in [0.2, 0.25) is 0 Å². The van der Waals surface area contributed by atoms with E-state index in [0.717, 1.165) is 11.4 Å². The number of pyridine rings is 2. The molecule has 0 saturated heterocycles. The average Bonchev–Trinajstić information content (AvgIpc) is 3.02. The zero-order chi connectivity index (χ0) is 18.9. The van der Waals surface area contributed by atoms with Gasteiger partial charge in [0.15, 0.2) is 0 Å². The first-order chi connectivity index (χ1) is 12.3. The summed E-state index contributed by atoms with van der Waals surface area (Å²) >= 11 is 0. The fourth-order valence-electron chi connectivity index (χ4n) is 2.93. The molecule has 1 aliphatic rings. The van der Waals surface area contributed by atoms with Crippen molar-refractivity contribution in [3.05, 3.63) is 53.1 Å². The molecule has 3 rings (SSSR count). The second-order valence-corrected chi connectivity index (χ2v) is 8.21. The highest BCUT2D eigenvalue weighted by Gasteiger charge is 2.28. The molecule has 1 unspecified atom stereocenters. The van der Waals surface area contributed by atoms with Gasteiger partial charge in [-0.2, -0.15) is 0 Å². The summed E-state index contributed by atoms with van der Waals surface area (Å²) in [5.41, 5.74) is 2.70. The quantitative estimate of drug-likeness (QED) is 0.829. The van der Waals surface area contributed by atoms with E-state index in [4.69, 9.17) is 9.72 Å². The van der Waals surface area contributed by atoms with Crippen molar-refractivity contribution in [1.29, 1.82) is 0 Å². The number of aromatic nitrogens is 2. The summed E-state index contributed by atoms with van der Waals surface area (Å²) in [4.78, 5) is 9.19. The van der Waals surface area contributed by atoms with Crippen LogP contribution in [0.5, 0.6) is 5.75 Å². The van der Waals surface area contributed by atoms with E-state index in [1.165, 1.54) is 0 Å². The Hall–Kier alpha value is -2.38. The molecule has 0 aromatic carbocycles. The molecule has 0 fully saturated rings. The molecule has 0 amide bonds. The third kappa shape index (κ3) is 3.89. The number of hydrogen-bond donors (Lipinski definition) is 1. The minimum Gasteiger partial charge on any atom is -0.491 e. The van der Waals surface area contributed by atoms with Crippen LogP contribution < -0.4 is 4.74 Å². The Balaban J connectivity index is 1.86. The molecule has 4 heteroatoms. The van der Waals surface area contributed by atoms with Crippen LogP contribution in [0.3, 0.4) is 0 Å². The third-order valence-corrected chi connectivity index (χ3v) is 4.65. The van der Waals surface area contributed by atoms with Crippen LogP contribution in [0.15, 0.2) is 30.3 Å². The zero-order valence-electron chi connectivity index (χ0n) is 16.1. The van der Waals surface area contributed by atoms with Gasteiger partial charge in [-0.25, -0.2) is 9.97 Å². The van der Waals surface area contributed by atoms with Crippen LogP contribution in [0.25, 0.3) is 0 Å². The zero-order valence-corrected chi connectivity index (χ0v) is 16.1. The van der Waals surface area contributed by atoms with Gasteiger partial charge in [0.1, 0.15) is 23.2 Å². The van der Waals surface area contributed by atoms with Gasteiger partial charge >= 0.3 is 0 Å². The standard InChI is InChI=1S/C22H26N2O2/c1-14(2)17-13-26-19-12-11-16(24-20(17)19)10-9-15-7-6-8-18(23-15)21(25)22(3,4)5/h6-8,11-12,14,17,21,25H,13H2,1-5H3/t17?,21-/m1/s1. The molecule has 26 heavy (non-hydrogen) atoms. The van der Waals surface area contributed by atoms with Crippen LogP contribution >= 0.6 is 0 Å². The molecule has 0 radical (unpaired) electrons. The molecule has 2 aromatic rings. The summed E-state index contributed by atoms with van der Waals surface area (Å²) in [6.45, 7) is 11.0. The first-order valence-corrected chi connectivity index (χ1v) is 9.06. The van der Waals surface area contributed by atoms with E-state index in [1.807, 2.05) is 51.1 Å². The SMILES string of the molecule is CC(C)C1COc2ccc(C#Cc3cccc([C@@H](O)C(C)(C)C)n3)nc21. The number of nitrogens with zero attached hydrogens (tertiary/aromatic N) is 2. The van der Waals surface area contributed by atoms with E-state index >= 15 is 0 Å².